The number of hydrogen-bond donors (Lipinski definition) is 2. The van der Waals surface area contributed by atoms with Gasteiger partial charge >= 0.3 is 12.3 Å². The average Bonchev–Trinajstić information content (AvgIpc) is 2.93. The number of nitrogens with one attached hydrogen (secondary N) is 1. The molecule has 5 nitrogen and oxygen atoms in total. The number of amides is 1. The number of hydrogen-bond acceptors (Lipinski definition) is 3. The van der Waals surface area contributed by atoms with Crippen molar-refractivity contribution < 1.29 is 32.6 Å². The topological polar surface area (TPSA) is 75.6 Å². The van der Waals surface area contributed by atoms with E-state index >= 15 is 0 Å². The lowest BCUT2D eigenvalue weighted by atomic mass is 10.1. The molecule has 1 aromatic rings. The smallest absolute Gasteiger partial charge is 0.481 e. The quantitative estimate of drug-likeness (QED) is 0.831. The summed E-state index contributed by atoms with van der Waals surface area (Å²) in [6.45, 7) is 0. The van der Waals surface area contributed by atoms with Crippen LogP contribution in [0.25, 0.3) is 0 Å². The summed E-state index contributed by atoms with van der Waals surface area (Å²) in [6.07, 6.45) is -3.18. The minimum absolute atomic E-state index is 0.00642. The largest absolute Gasteiger partial charge is 0.573 e. The van der Waals surface area contributed by atoms with Crippen molar-refractivity contribution in [1.82, 2.24) is 5.32 Å². The molecule has 2 N–H and O–H groups in total. The Balaban J connectivity index is 1.85. The Kier molecular flexibility index (Phi) is 5.69. The number of halogens is 3. The second-order valence-corrected chi connectivity index (χ2v) is 5.77. The van der Waals surface area contributed by atoms with Crippen molar-refractivity contribution in [2.24, 2.45) is 5.92 Å². The van der Waals surface area contributed by atoms with Gasteiger partial charge in [0.15, 0.2) is 0 Å². The molecule has 1 aromatic carbocycles. The Bertz CT molecular complexity index is 603. The predicted octanol–water partition coefficient (Wildman–Crippen LogP) is 2.89. The number of alkyl halides is 3. The van der Waals surface area contributed by atoms with Crippen molar-refractivity contribution in [3.8, 4) is 5.75 Å². The lowest BCUT2D eigenvalue weighted by Crippen LogP contribution is -2.33. The summed E-state index contributed by atoms with van der Waals surface area (Å²) < 4.78 is 41.0. The van der Waals surface area contributed by atoms with Crippen LogP contribution in [0.3, 0.4) is 0 Å². The molecule has 2 rings (SSSR count). The van der Waals surface area contributed by atoms with Gasteiger partial charge in [0.1, 0.15) is 5.75 Å². The summed E-state index contributed by atoms with van der Waals surface area (Å²) in [5, 5.41) is 11.7. The first-order valence-electron chi connectivity index (χ1n) is 7.60. The Hall–Kier alpha value is -2.25. The Morgan fingerprint density at radius 3 is 2.58 bits per heavy atom. The number of benzene rings is 1. The van der Waals surface area contributed by atoms with Gasteiger partial charge in [-0.15, -0.1) is 13.2 Å². The lowest BCUT2D eigenvalue weighted by Gasteiger charge is -2.14. The maximum Gasteiger partial charge on any atom is 0.573 e. The molecule has 132 valence electrons. The molecule has 1 aliphatic carbocycles. The molecule has 1 fully saturated rings. The van der Waals surface area contributed by atoms with Crippen LogP contribution in [0.2, 0.25) is 0 Å². The second-order valence-electron chi connectivity index (χ2n) is 5.77. The van der Waals surface area contributed by atoms with Crippen LogP contribution in [0.15, 0.2) is 24.3 Å². The Morgan fingerprint density at radius 2 is 1.96 bits per heavy atom. The van der Waals surface area contributed by atoms with E-state index in [2.05, 4.69) is 10.1 Å². The fraction of sp³-hybridized carbons (Fsp3) is 0.500. The molecular formula is C16H18F3NO4. The molecule has 0 aliphatic heterocycles. The molecular weight excluding hydrogens is 327 g/mol. The zero-order valence-corrected chi connectivity index (χ0v) is 12.8. The standard InChI is InChI=1S/C16H18F3NO4/c17-16(18,19)24-13-4-2-1-3-10(13)6-8-14(21)20-12-7-5-11(9-12)15(22)23/h1-4,11-12H,5-9H2,(H,20,21)(H,22,23)/t11-,12+/m0/s1. The number of para-hydroxylation sites is 1. The number of ether oxygens (including phenoxy) is 1. The van der Waals surface area contributed by atoms with Gasteiger partial charge in [0.2, 0.25) is 5.91 Å². The van der Waals surface area contributed by atoms with E-state index in [4.69, 9.17) is 5.11 Å². The fourth-order valence-corrected chi connectivity index (χ4v) is 2.82. The van der Waals surface area contributed by atoms with Gasteiger partial charge in [-0.25, -0.2) is 0 Å². The van der Waals surface area contributed by atoms with Crippen LogP contribution < -0.4 is 10.1 Å². The number of carbonyl (C=O) groups excluding carboxylic acids is 1. The summed E-state index contributed by atoms with van der Waals surface area (Å²) in [5.41, 5.74) is 0.291. The van der Waals surface area contributed by atoms with Crippen molar-refractivity contribution in [2.45, 2.75) is 44.5 Å². The normalized spacial score (nSPS) is 20.6. The summed E-state index contributed by atoms with van der Waals surface area (Å²) in [6, 6.07) is 5.49. The van der Waals surface area contributed by atoms with Crippen molar-refractivity contribution >= 4 is 11.9 Å². The van der Waals surface area contributed by atoms with E-state index in [0.717, 1.165) is 0 Å². The molecule has 1 saturated carbocycles. The monoisotopic (exact) mass is 345 g/mol. The van der Waals surface area contributed by atoms with Gasteiger partial charge < -0.3 is 15.2 Å². The minimum Gasteiger partial charge on any atom is -0.481 e. The summed E-state index contributed by atoms with van der Waals surface area (Å²) in [5.74, 6) is -1.95. The Morgan fingerprint density at radius 1 is 1.25 bits per heavy atom. The van der Waals surface area contributed by atoms with Crippen molar-refractivity contribution in [3.63, 3.8) is 0 Å². The summed E-state index contributed by atoms with van der Waals surface area (Å²) in [7, 11) is 0. The third kappa shape index (κ3) is 5.43. The fourth-order valence-electron chi connectivity index (χ4n) is 2.82. The lowest BCUT2D eigenvalue weighted by molar-refractivity contribution is -0.274. The Labute approximate surface area is 136 Å². The van der Waals surface area contributed by atoms with Crippen LogP contribution in [0.5, 0.6) is 5.75 Å². The van der Waals surface area contributed by atoms with Gasteiger partial charge in [-0.3, -0.25) is 9.59 Å². The van der Waals surface area contributed by atoms with Crippen molar-refractivity contribution in [3.05, 3.63) is 29.8 Å². The molecule has 1 amide bonds. The second kappa shape index (κ2) is 7.55. The highest BCUT2D eigenvalue weighted by Crippen LogP contribution is 2.28. The van der Waals surface area contributed by atoms with Crippen molar-refractivity contribution in [1.29, 1.82) is 0 Å². The molecule has 0 unspecified atom stereocenters. The molecule has 2 atom stereocenters. The van der Waals surface area contributed by atoms with E-state index in [-0.39, 0.29) is 30.5 Å². The summed E-state index contributed by atoms with van der Waals surface area (Å²) in [4.78, 5) is 22.8. The first-order chi connectivity index (χ1) is 11.2. The highest BCUT2D eigenvalue weighted by atomic mass is 19.4. The molecule has 0 bridgehead atoms. The molecule has 0 saturated heterocycles. The van der Waals surface area contributed by atoms with E-state index in [1.165, 1.54) is 18.2 Å². The van der Waals surface area contributed by atoms with E-state index < -0.39 is 18.2 Å². The van der Waals surface area contributed by atoms with E-state index in [1.807, 2.05) is 0 Å². The highest BCUT2D eigenvalue weighted by Gasteiger charge is 2.32. The van der Waals surface area contributed by atoms with Crippen LogP contribution in [0.1, 0.15) is 31.2 Å². The van der Waals surface area contributed by atoms with Gasteiger partial charge in [0.25, 0.3) is 0 Å². The molecule has 0 aromatic heterocycles. The van der Waals surface area contributed by atoms with Crippen LogP contribution in [-0.2, 0) is 16.0 Å². The predicted molar refractivity (Wildman–Crippen MR) is 78.4 cm³/mol. The van der Waals surface area contributed by atoms with E-state index in [0.29, 0.717) is 24.8 Å². The number of carbonyl (C=O) groups is 2. The number of carboxylic acid groups (broad SMARTS) is 1. The molecule has 24 heavy (non-hydrogen) atoms. The van der Waals surface area contributed by atoms with Gasteiger partial charge in [0, 0.05) is 12.5 Å². The van der Waals surface area contributed by atoms with Gasteiger partial charge in [-0.1, -0.05) is 18.2 Å². The number of rotatable bonds is 6. The van der Waals surface area contributed by atoms with Crippen LogP contribution in [0, 0.1) is 5.92 Å². The number of carboxylic acids is 1. The molecule has 8 heteroatoms. The molecule has 0 spiro atoms. The van der Waals surface area contributed by atoms with Crippen LogP contribution in [0.4, 0.5) is 13.2 Å². The third-order valence-corrected chi connectivity index (χ3v) is 3.97. The zero-order valence-electron chi connectivity index (χ0n) is 12.8. The minimum atomic E-state index is -4.78. The van der Waals surface area contributed by atoms with Gasteiger partial charge in [0.05, 0.1) is 5.92 Å². The first kappa shape index (κ1) is 18.1. The average molecular weight is 345 g/mol. The molecule has 0 radical (unpaired) electrons. The zero-order chi connectivity index (χ0) is 17.7. The first-order valence-corrected chi connectivity index (χ1v) is 7.60. The maximum absolute atomic E-state index is 12.3. The van der Waals surface area contributed by atoms with E-state index in [9.17, 15) is 22.8 Å². The number of aliphatic carboxylic acids is 1. The number of aryl methyl sites for hydroxylation is 1. The molecule has 1 aliphatic rings. The van der Waals surface area contributed by atoms with Crippen LogP contribution in [-0.4, -0.2) is 29.4 Å². The van der Waals surface area contributed by atoms with Crippen molar-refractivity contribution in [2.75, 3.05) is 0 Å². The highest BCUT2D eigenvalue weighted by molar-refractivity contribution is 5.77. The van der Waals surface area contributed by atoms with Gasteiger partial charge in [-0.2, -0.15) is 0 Å². The molecule has 0 heterocycles. The van der Waals surface area contributed by atoms with E-state index in [1.54, 1.807) is 6.07 Å². The third-order valence-electron chi connectivity index (χ3n) is 3.97. The van der Waals surface area contributed by atoms with Gasteiger partial charge in [-0.05, 0) is 37.3 Å². The maximum atomic E-state index is 12.3. The SMILES string of the molecule is O=C(CCc1ccccc1OC(F)(F)F)N[C@@H]1CC[C@H](C(=O)O)C1. The van der Waals surface area contributed by atoms with Crippen LogP contribution >= 0.6 is 0 Å². The summed E-state index contributed by atoms with van der Waals surface area (Å²) >= 11 is 0.